The van der Waals surface area contributed by atoms with Crippen LogP contribution in [0.1, 0.15) is 37.2 Å². The fourth-order valence-corrected chi connectivity index (χ4v) is 4.41. The Kier molecular flexibility index (Phi) is 4.95. The lowest BCUT2D eigenvalue weighted by molar-refractivity contribution is -0.150. The molecule has 0 aromatic heterocycles. The number of piperidine rings is 1. The second-order valence-electron chi connectivity index (χ2n) is 6.52. The number of carbonyl (C=O) groups excluding carboxylic acids is 1. The van der Waals surface area contributed by atoms with E-state index in [0.717, 1.165) is 24.8 Å². The van der Waals surface area contributed by atoms with Crippen molar-refractivity contribution in [2.75, 3.05) is 20.3 Å². The predicted molar refractivity (Wildman–Crippen MR) is 83.4 cm³/mol. The van der Waals surface area contributed by atoms with Crippen molar-refractivity contribution >= 4 is 5.97 Å². The highest BCUT2D eigenvalue weighted by Crippen LogP contribution is 2.47. The summed E-state index contributed by atoms with van der Waals surface area (Å²) < 4.78 is 30.8. The Hall–Kier alpha value is -1.49. The average Bonchev–Trinajstić information content (AvgIpc) is 2.84. The van der Waals surface area contributed by atoms with Gasteiger partial charge in [-0.2, -0.15) is 0 Å². The van der Waals surface area contributed by atoms with E-state index in [1.54, 1.807) is 12.1 Å². The molecule has 0 unspecified atom stereocenters. The summed E-state index contributed by atoms with van der Waals surface area (Å²) in [6.45, 7) is 0.357. The van der Waals surface area contributed by atoms with Gasteiger partial charge in [-0.15, -0.1) is 0 Å². The normalized spacial score (nSPS) is 30.4. The standard InChI is InChI=1S/C18H23F2NO2/c1-23-18(22)17-15(12-3-5-13(20)6-4-12)11-14-7-8-16(17)21(14)10-2-9-19/h3-6,14-17H,2,7-11H2,1H3/t14-,15+,16+,17-/m0/s1/i1-1. The number of esters is 1. The number of alkyl halides is 1. The molecular formula is C18H23F2NO2. The van der Waals surface area contributed by atoms with E-state index >= 15 is 0 Å². The monoisotopic (exact) mass is 322 g/mol. The minimum Gasteiger partial charge on any atom is -0.469 e. The SMILES string of the molecule is [11CH3]OC(=O)[C@H]1[C@@H](c2ccc(F)cc2)C[C@@H]2CC[C@H]1N2CCCF. The summed E-state index contributed by atoms with van der Waals surface area (Å²) in [6.07, 6.45) is 3.31. The van der Waals surface area contributed by atoms with Crippen LogP contribution in [0.25, 0.3) is 0 Å². The molecule has 2 heterocycles. The van der Waals surface area contributed by atoms with Crippen LogP contribution < -0.4 is 0 Å². The van der Waals surface area contributed by atoms with Crippen molar-refractivity contribution in [2.24, 2.45) is 5.92 Å². The Bertz CT molecular complexity index is 548. The molecule has 0 saturated carbocycles. The minimum atomic E-state index is -0.333. The molecule has 3 nitrogen and oxygen atoms in total. The van der Waals surface area contributed by atoms with Crippen molar-refractivity contribution in [3.05, 3.63) is 35.6 Å². The first-order chi connectivity index (χ1) is 11.2. The van der Waals surface area contributed by atoms with Crippen molar-refractivity contribution in [1.82, 2.24) is 4.90 Å². The molecule has 0 spiro atoms. The summed E-state index contributed by atoms with van der Waals surface area (Å²) in [5.74, 6) is -0.701. The van der Waals surface area contributed by atoms with Crippen molar-refractivity contribution < 1.29 is 18.3 Å². The van der Waals surface area contributed by atoms with Crippen molar-refractivity contribution in [2.45, 2.75) is 43.7 Å². The third-order valence-electron chi connectivity index (χ3n) is 5.39. The number of carbonyl (C=O) groups is 1. The van der Waals surface area contributed by atoms with Gasteiger partial charge < -0.3 is 4.74 Å². The molecule has 2 aliphatic rings. The molecule has 3 rings (SSSR count). The molecule has 126 valence electrons. The minimum absolute atomic E-state index is 0.0437. The van der Waals surface area contributed by atoms with Gasteiger partial charge in [0.05, 0.1) is 19.7 Å². The highest BCUT2D eigenvalue weighted by Gasteiger charge is 2.50. The fraction of sp³-hybridized carbons (Fsp3) is 0.611. The van der Waals surface area contributed by atoms with Gasteiger partial charge in [0, 0.05) is 24.5 Å². The topological polar surface area (TPSA) is 29.5 Å². The van der Waals surface area contributed by atoms with Crippen LogP contribution in [0.15, 0.2) is 24.3 Å². The van der Waals surface area contributed by atoms with Crippen LogP contribution in [0, 0.1) is 11.7 Å². The van der Waals surface area contributed by atoms with E-state index in [0.29, 0.717) is 19.0 Å². The first-order valence-electron chi connectivity index (χ1n) is 8.30. The number of halogens is 2. The van der Waals surface area contributed by atoms with Crippen LogP contribution >= 0.6 is 0 Å². The fourth-order valence-electron chi connectivity index (χ4n) is 4.41. The molecule has 0 radical (unpaired) electrons. The van der Waals surface area contributed by atoms with Crippen molar-refractivity contribution in [3.63, 3.8) is 0 Å². The Morgan fingerprint density at radius 1 is 1.30 bits per heavy atom. The van der Waals surface area contributed by atoms with Crippen LogP contribution in [0.4, 0.5) is 8.78 Å². The van der Waals surface area contributed by atoms with Crippen LogP contribution in [-0.2, 0) is 9.53 Å². The van der Waals surface area contributed by atoms with Gasteiger partial charge in [0.15, 0.2) is 0 Å². The molecule has 2 saturated heterocycles. The van der Waals surface area contributed by atoms with E-state index in [9.17, 15) is 13.6 Å². The van der Waals surface area contributed by atoms with Gasteiger partial charge in [-0.3, -0.25) is 14.1 Å². The van der Waals surface area contributed by atoms with Gasteiger partial charge >= 0.3 is 5.97 Å². The van der Waals surface area contributed by atoms with Gasteiger partial charge in [-0.05, 0) is 43.4 Å². The molecule has 1 aromatic carbocycles. The predicted octanol–water partition coefficient (Wildman–Crippen LogP) is 3.29. The lowest BCUT2D eigenvalue weighted by Gasteiger charge is -2.43. The van der Waals surface area contributed by atoms with E-state index in [4.69, 9.17) is 4.74 Å². The van der Waals surface area contributed by atoms with Gasteiger partial charge in [-0.25, -0.2) is 4.39 Å². The first kappa shape index (κ1) is 16.4. The number of hydrogen-bond donors (Lipinski definition) is 0. The maximum atomic E-state index is 13.2. The third-order valence-corrected chi connectivity index (χ3v) is 5.39. The van der Waals surface area contributed by atoms with Crippen LogP contribution in [-0.4, -0.2) is 43.3 Å². The number of benzene rings is 1. The molecule has 0 N–H and O–H groups in total. The van der Waals surface area contributed by atoms with Crippen LogP contribution in [0.2, 0.25) is 0 Å². The molecule has 2 fully saturated rings. The van der Waals surface area contributed by atoms with E-state index in [2.05, 4.69) is 4.90 Å². The zero-order valence-corrected chi connectivity index (χ0v) is 13.4. The highest BCUT2D eigenvalue weighted by atomic mass is 19.1. The Morgan fingerprint density at radius 2 is 2.04 bits per heavy atom. The Balaban J connectivity index is 1.88. The van der Waals surface area contributed by atoms with E-state index in [1.807, 2.05) is 0 Å². The number of fused-ring (bicyclic) bond motifs is 2. The van der Waals surface area contributed by atoms with Crippen molar-refractivity contribution in [3.8, 4) is 0 Å². The molecule has 0 amide bonds. The second kappa shape index (κ2) is 6.95. The zero-order valence-electron chi connectivity index (χ0n) is 13.4. The molecule has 2 bridgehead atoms. The summed E-state index contributed by atoms with van der Waals surface area (Å²) in [7, 11) is 1.41. The lowest BCUT2D eigenvalue weighted by atomic mass is 9.76. The molecule has 5 heteroatoms. The molecule has 2 aliphatic heterocycles. The summed E-state index contributed by atoms with van der Waals surface area (Å²) >= 11 is 0. The number of hydrogen-bond acceptors (Lipinski definition) is 3. The molecule has 23 heavy (non-hydrogen) atoms. The second-order valence-corrected chi connectivity index (χ2v) is 6.52. The lowest BCUT2D eigenvalue weighted by Crippen LogP contribution is -2.51. The Morgan fingerprint density at radius 3 is 2.70 bits per heavy atom. The maximum Gasteiger partial charge on any atom is 0.310 e. The molecule has 0 aliphatic carbocycles. The highest BCUT2D eigenvalue weighted by molar-refractivity contribution is 5.75. The van der Waals surface area contributed by atoms with Gasteiger partial charge in [0.25, 0.3) is 0 Å². The van der Waals surface area contributed by atoms with E-state index in [1.165, 1.54) is 19.2 Å². The average molecular weight is 322 g/mol. The summed E-state index contributed by atoms with van der Waals surface area (Å²) in [5.41, 5.74) is 0.990. The molecule has 1 aromatic rings. The molecular weight excluding hydrogens is 299 g/mol. The van der Waals surface area contributed by atoms with Crippen molar-refractivity contribution in [1.29, 1.82) is 0 Å². The summed E-state index contributed by atoms with van der Waals surface area (Å²) in [6, 6.07) is 6.91. The number of rotatable bonds is 5. The van der Waals surface area contributed by atoms with E-state index < -0.39 is 0 Å². The van der Waals surface area contributed by atoms with Crippen LogP contribution in [0.5, 0.6) is 0 Å². The summed E-state index contributed by atoms with van der Waals surface area (Å²) in [5, 5.41) is 0. The first-order valence-corrected chi connectivity index (χ1v) is 8.30. The van der Waals surface area contributed by atoms with Gasteiger partial charge in [0.2, 0.25) is 0 Å². The molecule has 4 atom stereocenters. The number of ether oxygens (including phenoxy) is 1. The Labute approximate surface area is 135 Å². The van der Waals surface area contributed by atoms with Gasteiger partial charge in [0.1, 0.15) is 5.82 Å². The smallest absolute Gasteiger partial charge is 0.310 e. The third kappa shape index (κ3) is 3.11. The number of nitrogens with zero attached hydrogens (tertiary/aromatic N) is 1. The quantitative estimate of drug-likeness (QED) is 0.779. The maximum absolute atomic E-state index is 13.2. The zero-order chi connectivity index (χ0) is 16.4. The summed E-state index contributed by atoms with van der Waals surface area (Å²) in [4.78, 5) is 14.7. The number of methoxy groups -OCH3 is 1. The largest absolute Gasteiger partial charge is 0.469 e. The van der Waals surface area contributed by atoms with E-state index in [-0.39, 0.29) is 36.3 Å². The van der Waals surface area contributed by atoms with Crippen LogP contribution in [0.3, 0.4) is 0 Å². The van der Waals surface area contributed by atoms with Gasteiger partial charge in [-0.1, -0.05) is 12.1 Å².